The molecule has 0 unspecified atom stereocenters. The summed E-state index contributed by atoms with van der Waals surface area (Å²) in [6, 6.07) is 11.0. The second-order valence-corrected chi connectivity index (χ2v) is 8.91. The van der Waals surface area contributed by atoms with E-state index in [1.54, 1.807) is 24.3 Å². The lowest BCUT2D eigenvalue weighted by atomic mass is 10.2. The predicted octanol–water partition coefficient (Wildman–Crippen LogP) is 5.61. The van der Waals surface area contributed by atoms with Crippen molar-refractivity contribution < 1.29 is 9.72 Å². The Labute approximate surface area is 182 Å². The number of carbonyl (C=O) groups is 1. The molecule has 3 rings (SSSR count). The van der Waals surface area contributed by atoms with E-state index in [1.165, 1.54) is 46.0 Å². The molecule has 0 saturated carbocycles. The van der Waals surface area contributed by atoms with E-state index in [0.29, 0.717) is 24.0 Å². The van der Waals surface area contributed by atoms with Crippen LogP contribution in [-0.2, 0) is 4.79 Å². The summed E-state index contributed by atoms with van der Waals surface area (Å²) in [5.41, 5.74) is 0.638. The van der Waals surface area contributed by atoms with Gasteiger partial charge in [-0.1, -0.05) is 58.4 Å². The second kappa shape index (κ2) is 9.01. The Morgan fingerprint density at radius 3 is 2.75 bits per heavy atom. The molecule has 144 valence electrons. The summed E-state index contributed by atoms with van der Waals surface area (Å²) < 4.78 is 2.60. The number of para-hydroxylation sites is 2. The minimum atomic E-state index is -0.548. The molecule has 7 nitrogen and oxygen atoms in total. The number of nitrogens with one attached hydrogen (secondary N) is 1. The van der Waals surface area contributed by atoms with Gasteiger partial charge in [-0.05, 0) is 36.5 Å². The van der Waals surface area contributed by atoms with Crippen LogP contribution < -0.4 is 5.32 Å². The molecule has 0 saturated heterocycles. The SMILES string of the molecule is O=C(CSc1nn(-c2ccc(Cl)c(Cl)c2)c(=S)s1)Nc1ccccc1[N+](=O)[O-]. The highest BCUT2D eigenvalue weighted by atomic mass is 35.5. The van der Waals surface area contributed by atoms with Crippen molar-refractivity contribution >= 4 is 75.8 Å². The molecule has 2 aromatic carbocycles. The largest absolute Gasteiger partial charge is 0.320 e. The van der Waals surface area contributed by atoms with Crippen LogP contribution in [0.2, 0.25) is 10.0 Å². The normalized spacial score (nSPS) is 10.6. The van der Waals surface area contributed by atoms with Crippen LogP contribution in [0.1, 0.15) is 0 Å². The van der Waals surface area contributed by atoms with Crippen LogP contribution >= 0.6 is 58.5 Å². The number of benzene rings is 2. The lowest BCUT2D eigenvalue weighted by molar-refractivity contribution is -0.383. The Kier molecular flexibility index (Phi) is 6.68. The van der Waals surface area contributed by atoms with Gasteiger partial charge in [-0.2, -0.15) is 0 Å². The van der Waals surface area contributed by atoms with Crippen LogP contribution in [0, 0.1) is 14.1 Å². The summed E-state index contributed by atoms with van der Waals surface area (Å²) >= 11 is 19.7. The summed E-state index contributed by atoms with van der Waals surface area (Å²) in [6.45, 7) is 0. The quantitative estimate of drug-likeness (QED) is 0.217. The number of hydrogen-bond donors (Lipinski definition) is 1. The van der Waals surface area contributed by atoms with Gasteiger partial charge in [-0.3, -0.25) is 14.9 Å². The van der Waals surface area contributed by atoms with E-state index >= 15 is 0 Å². The zero-order chi connectivity index (χ0) is 20.3. The molecular weight excluding hydrogens is 463 g/mol. The van der Waals surface area contributed by atoms with Gasteiger partial charge in [-0.25, -0.2) is 4.68 Å². The van der Waals surface area contributed by atoms with Gasteiger partial charge in [0.1, 0.15) is 5.69 Å². The second-order valence-electron chi connectivity index (χ2n) is 5.26. The summed E-state index contributed by atoms with van der Waals surface area (Å²) in [6.07, 6.45) is 0. The Morgan fingerprint density at radius 2 is 2.04 bits per heavy atom. The number of aromatic nitrogens is 2. The molecule has 1 amide bonds. The Morgan fingerprint density at radius 1 is 1.29 bits per heavy atom. The van der Waals surface area contributed by atoms with Crippen LogP contribution in [0.4, 0.5) is 11.4 Å². The summed E-state index contributed by atoms with van der Waals surface area (Å²) in [5.74, 6) is -0.364. The van der Waals surface area contributed by atoms with Gasteiger partial charge in [0, 0.05) is 6.07 Å². The summed E-state index contributed by atoms with van der Waals surface area (Å²) in [4.78, 5) is 22.6. The molecule has 0 aliphatic heterocycles. The third-order valence-corrected chi connectivity index (χ3v) is 6.48. The zero-order valence-corrected chi connectivity index (χ0v) is 17.8. The molecule has 0 radical (unpaired) electrons. The number of anilines is 1. The van der Waals surface area contributed by atoms with Gasteiger partial charge in [0.2, 0.25) is 5.91 Å². The molecule has 0 atom stereocenters. The van der Waals surface area contributed by atoms with Gasteiger partial charge < -0.3 is 5.32 Å². The van der Waals surface area contributed by atoms with E-state index in [4.69, 9.17) is 35.4 Å². The number of nitrogens with zero attached hydrogens (tertiary/aromatic N) is 3. The maximum atomic E-state index is 12.2. The van der Waals surface area contributed by atoms with E-state index < -0.39 is 4.92 Å². The average Bonchev–Trinajstić information content (AvgIpc) is 3.03. The van der Waals surface area contributed by atoms with Crippen molar-refractivity contribution in [3.8, 4) is 5.69 Å². The molecule has 0 aliphatic carbocycles. The van der Waals surface area contributed by atoms with Gasteiger partial charge in [0.05, 0.1) is 26.4 Å². The molecular formula is C16H10Cl2N4O3S3. The third-order valence-electron chi connectivity index (χ3n) is 3.38. The number of thioether (sulfide) groups is 1. The monoisotopic (exact) mass is 472 g/mol. The first-order valence-corrected chi connectivity index (χ1v) is 10.5. The molecule has 0 bridgehead atoms. The minimum absolute atomic E-state index is 0.0235. The number of nitro benzene ring substituents is 1. The zero-order valence-electron chi connectivity index (χ0n) is 13.8. The molecule has 1 heterocycles. The van der Waals surface area contributed by atoms with Crippen molar-refractivity contribution in [3.05, 3.63) is 66.6 Å². The number of nitro groups is 1. The van der Waals surface area contributed by atoms with Crippen molar-refractivity contribution in [2.24, 2.45) is 0 Å². The molecule has 0 aliphatic rings. The van der Waals surface area contributed by atoms with Crippen LogP contribution in [0.15, 0.2) is 46.8 Å². The van der Waals surface area contributed by atoms with E-state index in [9.17, 15) is 14.9 Å². The number of halogens is 2. The number of rotatable bonds is 6. The smallest absolute Gasteiger partial charge is 0.292 e. The standard InChI is InChI=1S/C16H10Cl2N4O3S3/c17-10-6-5-9(7-11(10)18)21-16(26)28-15(20-21)27-8-14(23)19-12-3-1-2-4-13(12)22(24)25/h1-7H,8H2,(H,19,23). The highest BCUT2D eigenvalue weighted by Crippen LogP contribution is 2.28. The fourth-order valence-electron chi connectivity index (χ4n) is 2.15. The average molecular weight is 473 g/mol. The van der Waals surface area contributed by atoms with Crippen molar-refractivity contribution in [1.82, 2.24) is 9.78 Å². The maximum Gasteiger partial charge on any atom is 0.292 e. The topological polar surface area (TPSA) is 90.1 Å². The van der Waals surface area contributed by atoms with Gasteiger partial charge in [-0.15, -0.1) is 5.10 Å². The lowest BCUT2D eigenvalue weighted by Gasteiger charge is -2.05. The molecule has 1 aromatic heterocycles. The van der Waals surface area contributed by atoms with E-state index in [1.807, 2.05) is 0 Å². The van der Waals surface area contributed by atoms with E-state index in [2.05, 4.69) is 10.4 Å². The number of hydrogen-bond acceptors (Lipinski definition) is 7. The molecule has 0 spiro atoms. The Balaban J connectivity index is 1.69. The first kappa shape index (κ1) is 20.7. The Bertz CT molecular complexity index is 1120. The van der Waals surface area contributed by atoms with Gasteiger partial charge in [0.25, 0.3) is 5.69 Å². The van der Waals surface area contributed by atoms with Gasteiger partial charge in [0.15, 0.2) is 8.29 Å². The first-order valence-electron chi connectivity index (χ1n) is 7.57. The molecule has 0 fully saturated rings. The van der Waals surface area contributed by atoms with Crippen molar-refractivity contribution in [2.45, 2.75) is 4.34 Å². The van der Waals surface area contributed by atoms with Crippen molar-refractivity contribution in [1.29, 1.82) is 0 Å². The third kappa shape index (κ3) is 4.89. The lowest BCUT2D eigenvalue weighted by Crippen LogP contribution is -2.15. The van der Waals surface area contributed by atoms with Crippen LogP contribution in [-0.4, -0.2) is 26.4 Å². The highest BCUT2D eigenvalue weighted by molar-refractivity contribution is 8.01. The van der Waals surface area contributed by atoms with Crippen LogP contribution in [0.5, 0.6) is 0 Å². The summed E-state index contributed by atoms with van der Waals surface area (Å²) in [5, 5.41) is 18.7. The number of amides is 1. The van der Waals surface area contributed by atoms with Crippen LogP contribution in [0.3, 0.4) is 0 Å². The predicted molar refractivity (Wildman–Crippen MR) is 115 cm³/mol. The van der Waals surface area contributed by atoms with Crippen molar-refractivity contribution in [3.63, 3.8) is 0 Å². The number of carbonyl (C=O) groups excluding carboxylic acids is 1. The molecule has 28 heavy (non-hydrogen) atoms. The molecule has 1 N–H and O–H groups in total. The molecule has 12 heteroatoms. The Hall–Kier alpha value is -1.98. The highest BCUT2D eigenvalue weighted by Gasteiger charge is 2.16. The molecule has 3 aromatic rings. The fraction of sp³-hybridized carbons (Fsp3) is 0.0625. The van der Waals surface area contributed by atoms with E-state index in [-0.39, 0.29) is 23.0 Å². The summed E-state index contributed by atoms with van der Waals surface area (Å²) in [7, 11) is 0. The van der Waals surface area contributed by atoms with Crippen LogP contribution in [0.25, 0.3) is 5.69 Å². The first-order chi connectivity index (χ1) is 13.3. The van der Waals surface area contributed by atoms with Gasteiger partial charge >= 0.3 is 0 Å². The minimum Gasteiger partial charge on any atom is -0.320 e. The van der Waals surface area contributed by atoms with E-state index in [0.717, 1.165) is 0 Å². The maximum absolute atomic E-state index is 12.2. The fourth-order valence-corrected chi connectivity index (χ4v) is 4.60. The van der Waals surface area contributed by atoms with Crippen molar-refractivity contribution in [2.75, 3.05) is 11.1 Å².